The van der Waals surface area contributed by atoms with Crippen molar-refractivity contribution < 1.29 is 9.50 Å². The van der Waals surface area contributed by atoms with E-state index in [9.17, 15) is 9.50 Å². The molecule has 1 atom stereocenters. The molecule has 1 aromatic carbocycles. The van der Waals surface area contributed by atoms with Crippen molar-refractivity contribution in [3.8, 4) is 0 Å². The third-order valence-electron chi connectivity index (χ3n) is 1.91. The highest BCUT2D eigenvalue weighted by Crippen LogP contribution is 2.28. The zero-order chi connectivity index (χ0) is 10.0. The average molecular weight is 247 g/mol. The summed E-state index contributed by atoms with van der Waals surface area (Å²) in [5.74, 6) is -0.173. The quantitative estimate of drug-likeness (QED) is 0.850. The molecule has 72 valence electrons. The second kappa shape index (κ2) is 4.20. The molecule has 1 nitrogen and oxygen atoms in total. The molecule has 0 radical (unpaired) electrons. The zero-order valence-electron chi connectivity index (χ0n) is 7.59. The molecule has 0 aliphatic heterocycles. The molecule has 0 spiro atoms. The van der Waals surface area contributed by atoms with E-state index >= 15 is 0 Å². The number of hydrogen-bond acceptors (Lipinski definition) is 1. The van der Waals surface area contributed by atoms with Crippen LogP contribution in [0.15, 0.2) is 22.7 Å². The lowest BCUT2D eigenvalue weighted by atomic mass is 9.99. The minimum Gasteiger partial charge on any atom is -0.388 e. The van der Waals surface area contributed by atoms with E-state index in [-0.39, 0.29) is 11.7 Å². The summed E-state index contributed by atoms with van der Waals surface area (Å²) in [6.45, 7) is 3.83. The molecule has 0 fully saturated rings. The Morgan fingerprint density at radius 2 is 2.00 bits per heavy atom. The highest BCUT2D eigenvalue weighted by molar-refractivity contribution is 9.10. The minimum absolute atomic E-state index is 0.127. The largest absolute Gasteiger partial charge is 0.388 e. The molecule has 0 unspecified atom stereocenters. The average Bonchev–Trinajstić information content (AvgIpc) is 2.03. The Bertz CT molecular complexity index is 299. The van der Waals surface area contributed by atoms with Crippen molar-refractivity contribution >= 4 is 15.9 Å². The SMILES string of the molecule is CC(C)[C@H](O)c1ccc(F)cc1Br. The molecule has 0 aliphatic carbocycles. The molecule has 1 N–H and O–H groups in total. The fourth-order valence-corrected chi connectivity index (χ4v) is 1.69. The molecule has 0 aromatic heterocycles. The second-order valence-corrected chi connectivity index (χ2v) is 4.21. The van der Waals surface area contributed by atoms with Gasteiger partial charge in [-0.05, 0) is 23.6 Å². The lowest BCUT2D eigenvalue weighted by Gasteiger charge is -2.16. The van der Waals surface area contributed by atoms with E-state index in [0.717, 1.165) is 5.56 Å². The van der Waals surface area contributed by atoms with E-state index in [4.69, 9.17) is 0 Å². The molecule has 0 amide bonds. The van der Waals surface area contributed by atoms with Gasteiger partial charge in [-0.2, -0.15) is 0 Å². The predicted octanol–water partition coefficient (Wildman–Crippen LogP) is 3.28. The summed E-state index contributed by atoms with van der Waals surface area (Å²) in [6.07, 6.45) is -0.546. The molecular weight excluding hydrogens is 235 g/mol. The molecular formula is C10H12BrFO. The molecule has 0 aliphatic rings. The molecule has 13 heavy (non-hydrogen) atoms. The van der Waals surface area contributed by atoms with Crippen LogP contribution in [0.2, 0.25) is 0 Å². The van der Waals surface area contributed by atoms with E-state index < -0.39 is 6.10 Å². The molecule has 0 heterocycles. The highest BCUT2D eigenvalue weighted by Gasteiger charge is 2.14. The number of benzene rings is 1. The van der Waals surface area contributed by atoms with Crippen molar-refractivity contribution in [2.24, 2.45) is 5.92 Å². The molecule has 0 bridgehead atoms. The first kappa shape index (κ1) is 10.7. The monoisotopic (exact) mass is 246 g/mol. The molecule has 3 heteroatoms. The summed E-state index contributed by atoms with van der Waals surface area (Å²) in [6, 6.07) is 4.32. The maximum Gasteiger partial charge on any atom is 0.124 e. The van der Waals surface area contributed by atoms with Crippen LogP contribution in [0.4, 0.5) is 4.39 Å². The Morgan fingerprint density at radius 3 is 2.46 bits per heavy atom. The lowest BCUT2D eigenvalue weighted by Crippen LogP contribution is -2.06. The number of aliphatic hydroxyl groups is 1. The summed E-state index contributed by atoms with van der Waals surface area (Å²) in [5.41, 5.74) is 0.733. The highest BCUT2D eigenvalue weighted by atomic mass is 79.9. The zero-order valence-corrected chi connectivity index (χ0v) is 9.18. The second-order valence-electron chi connectivity index (χ2n) is 3.35. The van der Waals surface area contributed by atoms with Crippen LogP contribution in [0, 0.1) is 11.7 Å². The lowest BCUT2D eigenvalue weighted by molar-refractivity contribution is 0.126. The first-order valence-electron chi connectivity index (χ1n) is 4.15. The first-order valence-corrected chi connectivity index (χ1v) is 4.94. The van der Waals surface area contributed by atoms with Crippen LogP contribution in [0.5, 0.6) is 0 Å². The third kappa shape index (κ3) is 2.51. The van der Waals surface area contributed by atoms with Gasteiger partial charge in [0.25, 0.3) is 0 Å². The molecule has 0 saturated carbocycles. The van der Waals surface area contributed by atoms with Crippen molar-refractivity contribution in [3.63, 3.8) is 0 Å². The van der Waals surface area contributed by atoms with Crippen molar-refractivity contribution in [2.45, 2.75) is 20.0 Å². The Balaban J connectivity index is 3.01. The number of hydrogen-bond donors (Lipinski definition) is 1. The van der Waals surface area contributed by atoms with E-state index in [0.29, 0.717) is 4.47 Å². The van der Waals surface area contributed by atoms with Crippen LogP contribution < -0.4 is 0 Å². The van der Waals surface area contributed by atoms with Gasteiger partial charge in [0.15, 0.2) is 0 Å². The van der Waals surface area contributed by atoms with Crippen molar-refractivity contribution in [1.82, 2.24) is 0 Å². The van der Waals surface area contributed by atoms with Crippen LogP contribution >= 0.6 is 15.9 Å². The van der Waals surface area contributed by atoms with Gasteiger partial charge in [-0.25, -0.2) is 4.39 Å². The van der Waals surface area contributed by atoms with E-state index in [1.807, 2.05) is 13.8 Å². The summed E-state index contributed by atoms with van der Waals surface area (Å²) >= 11 is 3.22. The van der Waals surface area contributed by atoms with Gasteiger partial charge in [0.1, 0.15) is 5.82 Å². The Hall–Kier alpha value is -0.410. The van der Waals surface area contributed by atoms with Crippen LogP contribution in [0.1, 0.15) is 25.5 Å². The fourth-order valence-electron chi connectivity index (χ4n) is 1.10. The van der Waals surface area contributed by atoms with Crippen LogP contribution in [0.25, 0.3) is 0 Å². The maximum atomic E-state index is 12.7. The van der Waals surface area contributed by atoms with E-state index in [1.165, 1.54) is 12.1 Å². The van der Waals surface area contributed by atoms with Crippen molar-refractivity contribution in [3.05, 3.63) is 34.1 Å². The summed E-state index contributed by atoms with van der Waals surface area (Å²) in [5, 5.41) is 9.72. The van der Waals surface area contributed by atoms with Gasteiger partial charge in [-0.1, -0.05) is 35.8 Å². The summed E-state index contributed by atoms with van der Waals surface area (Å²) in [4.78, 5) is 0. The Kier molecular flexibility index (Phi) is 3.45. The van der Waals surface area contributed by atoms with Crippen molar-refractivity contribution in [2.75, 3.05) is 0 Å². The van der Waals surface area contributed by atoms with Gasteiger partial charge in [0.2, 0.25) is 0 Å². The number of aliphatic hydroxyl groups excluding tert-OH is 1. The summed E-state index contributed by atoms with van der Waals surface area (Å²) < 4.78 is 13.3. The van der Waals surface area contributed by atoms with Gasteiger partial charge in [0, 0.05) is 4.47 Å². The smallest absolute Gasteiger partial charge is 0.124 e. The topological polar surface area (TPSA) is 20.2 Å². The van der Waals surface area contributed by atoms with Gasteiger partial charge in [-0.3, -0.25) is 0 Å². The molecule has 1 rings (SSSR count). The minimum atomic E-state index is -0.546. The van der Waals surface area contributed by atoms with Crippen LogP contribution in [-0.2, 0) is 0 Å². The fraction of sp³-hybridized carbons (Fsp3) is 0.400. The predicted molar refractivity (Wildman–Crippen MR) is 53.9 cm³/mol. The van der Waals surface area contributed by atoms with Gasteiger partial charge in [-0.15, -0.1) is 0 Å². The third-order valence-corrected chi connectivity index (χ3v) is 2.60. The number of halogens is 2. The molecule has 1 aromatic rings. The van der Waals surface area contributed by atoms with Gasteiger partial charge in [0.05, 0.1) is 6.10 Å². The maximum absolute atomic E-state index is 12.7. The van der Waals surface area contributed by atoms with Gasteiger partial charge < -0.3 is 5.11 Å². The normalized spacial score (nSPS) is 13.4. The van der Waals surface area contributed by atoms with Crippen LogP contribution in [0.3, 0.4) is 0 Å². The van der Waals surface area contributed by atoms with Crippen molar-refractivity contribution in [1.29, 1.82) is 0 Å². The summed E-state index contributed by atoms with van der Waals surface area (Å²) in [7, 11) is 0. The van der Waals surface area contributed by atoms with Crippen LogP contribution in [-0.4, -0.2) is 5.11 Å². The Morgan fingerprint density at radius 1 is 1.38 bits per heavy atom. The van der Waals surface area contributed by atoms with Gasteiger partial charge >= 0.3 is 0 Å². The van der Waals surface area contributed by atoms with E-state index in [1.54, 1.807) is 6.07 Å². The standard InChI is InChI=1S/C10H12BrFO/c1-6(2)10(13)8-4-3-7(12)5-9(8)11/h3-6,10,13H,1-2H3/t10-/m0/s1. The first-order chi connectivity index (χ1) is 6.02. The molecule has 0 saturated heterocycles. The Labute approximate surface area is 85.7 Å². The number of rotatable bonds is 2. The van der Waals surface area contributed by atoms with E-state index in [2.05, 4.69) is 15.9 Å².